The summed E-state index contributed by atoms with van der Waals surface area (Å²) in [6, 6.07) is 4.78. The molecule has 0 fully saturated rings. The van der Waals surface area contributed by atoms with Crippen molar-refractivity contribution >= 4 is 16.9 Å². The highest BCUT2D eigenvalue weighted by atomic mass is 16.5. The Morgan fingerprint density at radius 2 is 2.12 bits per heavy atom. The first-order valence-corrected chi connectivity index (χ1v) is 5.46. The van der Waals surface area contributed by atoms with E-state index in [4.69, 9.17) is 4.42 Å². The first-order chi connectivity index (χ1) is 8.20. The lowest BCUT2D eigenvalue weighted by Gasteiger charge is -1.96. The van der Waals surface area contributed by atoms with Gasteiger partial charge in [0.05, 0.1) is 19.8 Å². The van der Waals surface area contributed by atoms with Crippen LogP contribution in [0.4, 0.5) is 0 Å². The second-order valence-corrected chi connectivity index (χ2v) is 3.19. The molecule has 1 heterocycles. The maximum absolute atomic E-state index is 11.1. The number of fused-ring (bicyclic) bond motifs is 1. The van der Waals surface area contributed by atoms with Crippen molar-refractivity contribution in [3.63, 3.8) is 0 Å². The number of phenols is 1. The Balaban J connectivity index is 0.000000686. The number of benzene rings is 1. The molecule has 0 aliphatic carbocycles. The lowest BCUT2D eigenvalue weighted by atomic mass is 10.1. The third kappa shape index (κ3) is 3.00. The van der Waals surface area contributed by atoms with E-state index in [-0.39, 0.29) is 18.1 Å². The van der Waals surface area contributed by atoms with Crippen LogP contribution in [-0.2, 0) is 16.0 Å². The van der Waals surface area contributed by atoms with E-state index >= 15 is 0 Å². The summed E-state index contributed by atoms with van der Waals surface area (Å²) in [5.74, 6) is -0.174. The number of ether oxygens (including phenoxy) is 1. The monoisotopic (exact) mass is 236 g/mol. The lowest BCUT2D eigenvalue weighted by molar-refractivity contribution is -0.139. The highest BCUT2D eigenvalue weighted by Crippen LogP contribution is 2.25. The number of hydrogen-bond acceptors (Lipinski definition) is 4. The molecule has 0 saturated heterocycles. The Labute approximate surface area is 99.8 Å². The molecule has 2 rings (SSSR count). The average molecular weight is 236 g/mol. The molecule has 0 aliphatic rings. The standard InChI is InChI=1S/C11H10O4.C2H6/c1-14-11(13)4-7-6-15-10-5-8(12)2-3-9(7)10;1-2/h2-3,5-6,12H,4H2,1H3;1-2H3. The van der Waals surface area contributed by atoms with E-state index in [9.17, 15) is 9.90 Å². The van der Waals surface area contributed by atoms with Gasteiger partial charge in [-0.3, -0.25) is 4.79 Å². The SMILES string of the molecule is CC.COC(=O)Cc1coc2cc(O)ccc12. The maximum Gasteiger partial charge on any atom is 0.310 e. The van der Waals surface area contributed by atoms with Crippen LogP contribution in [0.15, 0.2) is 28.9 Å². The van der Waals surface area contributed by atoms with E-state index in [1.807, 2.05) is 13.8 Å². The van der Waals surface area contributed by atoms with Crippen molar-refractivity contribution < 1.29 is 19.1 Å². The molecule has 92 valence electrons. The van der Waals surface area contributed by atoms with Crippen LogP contribution < -0.4 is 0 Å². The molecule has 0 atom stereocenters. The maximum atomic E-state index is 11.1. The van der Waals surface area contributed by atoms with Gasteiger partial charge < -0.3 is 14.3 Å². The van der Waals surface area contributed by atoms with Crippen molar-refractivity contribution in [2.75, 3.05) is 7.11 Å². The van der Waals surface area contributed by atoms with Gasteiger partial charge in [0.1, 0.15) is 11.3 Å². The third-order valence-electron chi connectivity index (χ3n) is 2.20. The molecule has 0 spiro atoms. The summed E-state index contributed by atoms with van der Waals surface area (Å²) in [6.45, 7) is 4.00. The van der Waals surface area contributed by atoms with Crippen LogP contribution in [0.1, 0.15) is 19.4 Å². The summed E-state index contributed by atoms with van der Waals surface area (Å²) >= 11 is 0. The predicted molar refractivity (Wildman–Crippen MR) is 64.9 cm³/mol. The van der Waals surface area contributed by atoms with Crippen LogP contribution in [0, 0.1) is 0 Å². The molecular formula is C13H16O4. The number of rotatable bonds is 2. The average Bonchev–Trinajstić information content (AvgIpc) is 2.74. The second kappa shape index (κ2) is 5.94. The quantitative estimate of drug-likeness (QED) is 0.814. The van der Waals surface area contributed by atoms with Gasteiger partial charge in [-0.15, -0.1) is 0 Å². The molecule has 0 amide bonds. The molecule has 4 nitrogen and oxygen atoms in total. The van der Waals surface area contributed by atoms with Crippen molar-refractivity contribution in [3.8, 4) is 5.75 Å². The van der Waals surface area contributed by atoms with Gasteiger partial charge in [-0.25, -0.2) is 0 Å². The first kappa shape index (κ1) is 13.1. The van der Waals surface area contributed by atoms with Gasteiger partial charge >= 0.3 is 5.97 Å². The smallest absolute Gasteiger partial charge is 0.310 e. The van der Waals surface area contributed by atoms with E-state index in [1.54, 1.807) is 12.1 Å². The van der Waals surface area contributed by atoms with Gasteiger partial charge in [0.25, 0.3) is 0 Å². The van der Waals surface area contributed by atoms with Crippen LogP contribution in [0.2, 0.25) is 0 Å². The molecule has 1 aromatic carbocycles. The summed E-state index contributed by atoms with van der Waals surface area (Å²) in [5.41, 5.74) is 1.32. The van der Waals surface area contributed by atoms with Gasteiger partial charge in [0.2, 0.25) is 0 Å². The number of carbonyl (C=O) groups is 1. The van der Waals surface area contributed by atoms with Crippen LogP contribution in [0.5, 0.6) is 5.75 Å². The Hall–Kier alpha value is -1.97. The Kier molecular flexibility index (Phi) is 4.57. The summed E-state index contributed by atoms with van der Waals surface area (Å²) in [5, 5.41) is 10.0. The van der Waals surface area contributed by atoms with Gasteiger partial charge in [-0.05, 0) is 12.1 Å². The fourth-order valence-electron chi connectivity index (χ4n) is 1.44. The van der Waals surface area contributed by atoms with Gasteiger partial charge in [-0.2, -0.15) is 0 Å². The van der Waals surface area contributed by atoms with E-state index in [0.717, 1.165) is 10.9 Å². The van der Waals surface area contributed by atoms with E-state index in [1.165, 1.54) is 19.4 Å². The molecule has 2 aromatic rings. The van der Waals surface area contributed by atoms with E-state index in [2.05, 4.69) is 4.74 Å². The van der Waals surface area contributed by atoms with Crippen LogP contribution in [0.3, 0.4) is 0 Å². The fraction of sp³-hybridized carbons (Fsp3) is 0.308. The summed E-state index contributed by atoms with van der Waals surface area (Å²) in [7, 11) is 1.34. The molecule has 4 heteroatoms. The summed E-state index contributed by atoms with van der Waals surface area (Å²) < 4.78 is 9.77. The third-order valence-corrected chi connectivity index (χ3v) is 2.20. The number of hydrogen-bond donors (Lipinski definition) is 1. The molecule has 17 heavy (non-hydrogen) atoms. The van der Waals surface area contributed by atoms with Gasteiger partial charge in [0.15, 0.2) is 0 Å². The number of aromatic hydroxyl groups is 1. The van der Waals surface area contributed by atoms with Crippen LogP contribution in [0.25, 0.3) is 11.0 Å². The van der Waals surface area contributed by atoms with E-state index in [0.29, 0.717) is 5.58 Å². The minimum atomic E-state index is -0.314. The topological polar surface area (TPSA) is 59.7 Å². The molecule has 0 saturated carbocycles. The summed E-state index contributed by atoms with van der Waals surface area (Å²) in [6.07, 6.45) is 1.68. The fourth-order valence-corrected chi connectivity index (χ4v) is 1.44. The van der Waals surface area contributed by atoms with Gasteiger partial charge in [-0.1, -0.05) is 13.8 Å². The molecule has 0 radical (unpaired) electrons. The molecule has 1 N–H and O–H groups in total. The van der Waals surface area contributed by atoms with Crippen LogP contribution in [-0.4, -0.2) is 18.2 Å². The van der Waals surface area contributed by atoms with Crippen molar-refractivity contribution in [1.29, 1.82) is 0 Å². The van der Waals surface area contributed by atoms with Crippen molar-refractivity contribution in [3.05, 3.63) is 30.0 Å². The number of carbonyl (C=O) groups excluding carboxylic acids is 1. The van der Waals surface area contributed by atoms with Crippen molar-refractivity contribution in [1.82, 2.24) is 0 Å². The first-order valence-electron chi connectivity index (χ1n) is 5.46. The minimum Gasteiger partial charge on any atom is -0.508 e. The molecule has 0 unspecified atom stereocenters. The minimum absolute atomic E-state index is 0.140. The molecule has 0 bridgehead atoms. The normalized spacial score (nSPS) is 9.59. The largest absolute Gasteiger partial charge is 0.508 e. The van der Waals surface area contributed by atoms with E-state index < -0.39 is 0 Å². The predicted octanol–water partition coefficient (Wildman–Crippen LogP) is 2.88. The van der Waals surface area contributed by atoms with Crippen molar-refractivity contribution in [2.45, 2.75) is 20.3 Å². The highest BCUT2D eigenvalue weighted by Gasteiger charge is 2.10. The molecular weight excluding hydrogens is 220 g/mol. The zero-order chi connectivity index (χ0) is 12.8. The summed E-state index contributed by atoms with van der Waals surface area (Å²) in [4.78, 5) is 11.1. The Morgan fingerprint density at radius 3 is 2.76 bits per heavy atom. The number of methoxy groups -OCH3 is 1. The zero-order valence-electron chi connectivity index (χ0n) is 10.2. The highest BCUT2D eigenvalue weighted by molar-refractivity contribution is 5.86. The molecule has 1 aromatic heterocycles. The second-order valence-electron chi connectivity index (χ2n) is 3.19. The zero-order valence-corrected chi connectivity index (χ0v) is 10.2. The number of furan rings is 1. The Bertz CT molecular complexity index is 499. The van der Waals surface area contributed by atoms with Crippen molar-refractivity contribution in [2.24, 2.45) is 0 Å². The Morgan fingerprint density at radius 1 is 1.41 bits per heavy atom. The van der Waals surface area contributed by atoms with Crippen LogP contribution >= 0.6 is 0 Å². The number of phenolic OH excluding ortho intramolecular Hbond substituents is 1. The van der Waals surface area contributed by atoms with Gasteiger partial charge in [0, 0.05) is 17.0 Å². The molecule has 0 aliphatic heterocycles. The number of esters is 1. The lowest BCUT2D eigenvalue weighted by Crippen LogP contribution is -2.03.